The summed E-state index contributed by atoms with van der Waals surface area (Å²) in [7, 11) is -1.44. The van der Waals surface area contributed by atoms with E-state index in [-0.39, 0.29) is 5.41 Å². The van der Waals surface area contributed by atoms with E-state index in [0.29, 0.717) is 12.3 Å². The molecule has 0 amide bonds. The van der Waals surface area contributed by atoms with Crippen LogP contribution in [-0.4, -0.2) is 19.9 Å². The maximum atomic E-state index is 9.77. The fourth-order valence-corrected chi connectivity index (χ4v) is 6.50. The molecule has 1 radical (unpaired) electrons. The summed E-state index contributed by atoms with van der Waals surface area (Å²) in [5, 5.41) is 13.2. The Bertz CT molecular complexity index is 1250. The zero-order valence-corrected chi connectivity index (χ0v) is 21.9. The topological polar surface area (TPSA) is 38.0 Å². The van der Waals surface area contributed by atoms with E-state index in [1.807, 2.05) is 35.1 Å². The Kier molecular flexibility index (Phi) is 7.43. The van der Waals surface area contributed by atoms with E-state index in [4.69, 9.17) is 4.43 Å². The van der Waals surface area contributed by atoms with Crippen LogP contribution in [0.5, 0.6) is 0 Å². The minimum atomic E-state index is -1.44. The molecule has 0 bridgehead atoms. The summed E-state index contributed by atoms with van der Waals surface area (Å²) < 4.78 is 8.80. The summed E-state index contributed by atoms with van der Waals surface area (Å²) in [6, 6.07) is 33.8. The van der Waals surface area contributed by atoms with Crippen molar-refractivity contribution in [1.82, 2.24) is 4.57 Å². The lowest BCUT2D eigenvalue weighted by atomic mass is 9.86. The van der Waals surface area contributed by atoms with Crippen molar-refractivity contribution in [2.75, 3.05) is 6.26 Å². The smallest absolute Gasteiger partial charge is 0.283 e. The Balaban J connectivity index is 1.78. The number of hydrogen-bond donors (Lipinski definition) is 0. The van der Waals surface area contributed by atoms with Crippen LogP contribution in [0.4, 0.5) is 0 Å². The van der Waals surface area contributed by atoms with Crippen molar-refractivity contribution in [2.45, 2.75) is 37.8 Å². The molecule has 3 aromatic carbocycles. The predicted octanol–water partition coefficient (Wildman–Crippen LogP) is 5.69. The first-order valence-corrected chi connectivity index (χ1v) is 14.0. The molecule has 4 aromatic rings. The standard InChI is InChI=1S/C29H29N2OSSi/c1-29(2,3)23-15-17-27(31-24(20-30)16-18-28(31)33-4)22(19-23)21-32-34(25-11-7-5-8-12-25)26-13-9-6-10-14-26/h5-19H,21H2,1-4H3. The monoisotopic (exact) mass is 481 g/mol. The first kappa shape index (κ1) is 24.1. The molecule has 34 heavy (non-hydrogen) atoms. The molecule has 4 rings (SSSR count). The fourth-order valence-electron chi connectivity index (χ4n) is 3.96. The van der Waals surface area contributed by atoms with Crippen LogP contribution in [0.25, 0.3) is 5.69 Å². The largest absolute Gasteiger partial charge is 0.403 e. The van der Waals surface area contributed by atoms with Gasteiger partial charge in [-0.2, -0.15) is 5.26 Å². The maximum Gasteiger partial charge on any atom is 0.283 e. The van der Waals surface area contributed by atoms with Crippen molar-refractivity contribution in [2.24, 2.45) is 0 Å². The average Bonchev–Trinajstić information content (AvgIpc) is 3.28. The summed E-state index contributed by atoms with van der Waals surface area (Å²) in [4.78, 5) is 0. The molecule has 0 fully saturated rings. The summed E-state index contributed by atoms with van der Waals surface area (Å²) >= 11 is 1.64. The molecule has 0 saturated carbocycles. The number of nitrogens with zero attached hydrogens (tertiary/aromatic N) is 2. The highest BCUT2D eigenvalue weighted by Gasteiger charge is 2.22. The van der Waals surface area contributed by atoms with Gasteiger partial charge in [0.15, 0.2) is 0 Å². The van der Waals surface area contributed by atoms with Crippen LogP contribution >= 0.6 is 11.8 Å². The lowest BCUT2D eigenvalue weighted by molar-refractivity contribution is 0.320. The Labute approximate surface area is 208 Å². The van der Waals surface area contributed by atoms with Crippen molar-refractivity contribution >= 4 is 31.2 Å². The van der Waals surface area contributed by atoms with Gasteiger partial charge in [0.2, 0.25) is 0 Å². The van der Waals surface area contributed by atoms with Gasteiger partial charge in [-0.25, -0.2) is 0 Å². The van der Waals surface area contributed by atoms with Crippen molar-refractivity contribution in [3.05, 3.63) is 108 Å². The molecule has 5 heteroatoms. The molecule has 0 N–H and O–H groups in total. The summed E-state index contributed by atoms with van der Waals surface area (Å²) in [6.07, 6.45) is 2.04. The second-order valence-corrected chi connectivity index (χ2v) is 12.1. The zero-order valence-electron chi connectivity index (χ0n) is 20.1. The number of aromatic nitrogens is 1. The van der Waals surface area contributed by atoms with Crippen molar-refractivity contribution in [3.63, 3.8) is 0 Å². The van der Waals surface area contributed by atoms with Crippen molar-refractivity contribution < 1.29 is 4.43 Å². The summed E-state index contributed by atoms with van der Waals surface area (Å²) in [5.41, 5.74) is 3.98. The highest BCUT2D eigenvalue weighted by atomic mass is 32.2. The number of nitriles is 1. The van der Waals surface area contributed by atoms with Gasteiger partial charge in [-0.1, -0.05) is 93.6 Å². The maximum absolute atomic E-state index is 9.77. The average molecular weight is 482 g/mol. The third kappa shape index (κ3) is 5.20. The second-order valence-electron chi connectivity index (χ2n) is 9.15. The number of thioether (sulfide) groups is 1. The minimum absolute atomic E-state index is 0.0109. The van der Waals surface area contributed by atoms with Crippen LogP contribution in [0.15, 0.2) is 96.0 Å². The van der Waals surface area contributed by atoms with Gasteiger partial charge >= 0.3 is 0 Å². The molecular formula is C29H29N2OSSi. The molecule has 0 saturated heterocycles. The minimum Gasteiger partial charge on any atom is -0.403 e. The third-order valence-corrected chi connectivity index (χ3v) is 8.68. The number of benzene rings is 3. The highest BCUT2D eigenvalue weighted by molar-refractivity contribution is 7.98. The molecule has 171 valence electrons. The molecule has 3 nitrogen and oxygen atoms in total. The molecule has 0 aliphatic carbocycles. The first-order chi connectivity index (χ1) is 16.4. The van der Waals surface area contributed by atoms with Crippen LogP contribution in [0, 0.1) is 11.3 Å². The fraction of sp³-hybridized carbons (Fsp3) is 0.207. The van der Waals surface area contributed by atoms with E-state index in [2.05, 4.69) is 93.6 Å². The molecule has 1 heterocycles. The van der Waals surface area contributed by atoms with Crippen LogP contribution in [0.3, 0.4) is 0 Å². The van der Waals surface area contributed by atoms with E-state index in [1.54, 1.807) is 11.8 Å². The molecule has 0 aliphatic rings. The van der Waals surface area contributed by atoms with Crippen molar-refractivity contribution in [1.29, 1.82) is 5.26 Å². The number of hydrogen-bond acceptors (Lipinski definition) is 3. The first-order valence-electron chi connectivity index (χ1n) is 11.3. The van der Waals surface area contributed by atoms with E-state index < -0.39 is 9.04 Å². The summed E-state index contributed by atoms with van der Waals surface area (Å²) in [5.74, 6) is 0. The van der Waals surface area contributed by atoms with Gasteiger partial charge in [0, 0.05) is 5.56 Å². The van der Waals surface area contributed by atoms with Crippen LogP contribution in [0.2, 0.25) is 0 Å². The Morgan fingerprint density at radius 1 is 0.882 bits per heavy atom. The molecule has 0 aliphatic heterocycles. The van der Waals surface area contributed by atoms with Crippen LogP contribution < -0.4 is 10.4 Å². The van der Waals surface area contributed by atoms with Gasteiger partial charge in [0.25, 0.3) is 9.04 Å². The lowest BCUT2D eigenvalue weighted by Gasteiger charge is -2.24. The molecular weight excluding hydrogens is 452 g/mol. The van der Waals surface area contributed by atoms with E-state index in [0.717, 1.165) is 16.3 Å². The second kappa shape index (κ2) is 10.5. The van der Waals surface area contributed by atoms with Gasteiger partial charge in [-0.05, 0) is 45.8 Å². The quantitative estimate of drug-likeness (QED) is 0.251. The predicted molar refractivity (Wildman–Crippen MR) is 144 cm³/mol. The normalized spacial score (nSPS) is 11.5. The van der Waals surface area contributed by atoms with Crippen LogP contribution in [-0.2, 0) is 16.4 Å². The van der Waals surface area contributed by atoms with Gasteiger partial charge in [0.05, 0.1) is 17.3 Å². The molecule has 0 atom stereocenters. The van der Waals surface area contributed by atoms with E-state index >= 15 is 0 Å². The molecule has 0 spiro atoms. The Hall–Kier alpha value is -3.04. The zero-order chi connectivity index (χ0) is 24.1. The molecule has 1 aromatic heterocycles. The highest BCUT2D eigenvalue weighted by Crippen LogP contribution is 2.31. The SMILES string of the molecule is CSc1ccc(C#N)n1-c1ccc(C(C)(C)C)cc1CO[Si](c1ccccc1)c1ccccc1. The number of rotatable bonds is 7. The van der Waals surface area contributed by atoms with Gasteiger partial charge < -0.3 is 4.43 Å². The lowest BCUT2D eigenvalue weighted by Crippen LogP contribution is -2.44. The Morgan fingerprint density at radius 3 is 2.03 bits per heavy atom. The van der Waals surface area contributed by atoms with Crippen molar-refractivity contribution in [3.8, 4) is 11.8 Å². The Morgan fingerprint density at radius 2 is 1.50 bits per heavy atom. The van der Waals surface area contributed by atoms with E-state index in [1.165, 1.54) is 15.9 Å². The molecule has 0 unspecified atom stereocenters. The van der Waals surface area contributed by atoms with Gasteiger partial charge in [-0.15, -0.1) is 11.8 Å². The summed E-state index contributed by atoms with van der Waals surface area (Å²) in [6.45, 7) is 7.13. The van der Waals surface area contributed by atoms with Crippen LogP contribution in [0.1, 0.15) is 37.6 Å². The van der Waals surface area contributed by atoms with E-state index in [9.17, 15) is 5.26 Å². The van der Waals surface area contributed by atoms with Gasteiger partial charge in [-0.3, -0.25) is 4.57 Å². The van der Waals surface area contributed by atoms with Gasteiger partial charge in [0.1, 0.15) is 11.8 Å². The third-order valence-electron chi connectivity index (χ3n) is 5.80.